The van der Waals surface area contributed by atoms with Crippen LogP contribution in [0.5, 0.6) is 0 Å². The van der Waals surface area contributed by atoms with Crippen molar-refractivity contribution in [1.29, 1.82) is 0 Å². The summed E-state index contributed by atoms with van der Waals surface area (Å²) in [5.41, 5.74) is 9.95. The van der Waals surface area contributed by atoms with E-state index in [1.54, 1.807) is 0 Å². The van der Waals surface area contributed by atoms with Crippen LogP contribution in [-0.2, 0) is 5.54 Å². The predicted octanol–water partition coefficient (Wildman–Crippen LogP) is 2.89. The molecule has 0 aromatic heterocycles. The van der Waals surface area contributed by atoms with Crippen molar-refractivity contribution < 1.29 is 0 Å². The molecule has 0 saturated heterocycles. The van der Waals surface area contributed by atoms with Crippen LogP contribution in [0.3, 0.4) is 0 Å². The average Bonchev–Trinajstić information content (AvgIpc) is 2.09. The van der Waals surface area contributed by atoms with Gasteiger partial charge in [-0.1, -0.05) is 25.1 Å². The minimum atomic E-state index is -0.184. The van der Waals surface area contributed by atoms with Crippen molar-refractivity contribution in [3.8, 4) is 0 Å². The topological polar surface area (TPSA) is 26.0 Å². The van der Waals surface area contributed by atoms with Gasteiger partial charge in [0.15, 0.2) is 0 Å². The molecule has 0 amide bonds. The summed E-state index contributed by atoms with van der Waals surface area (Å²) in [6.07, 6.45) is 0.970. The summed E-state index contributed by atoms with van der Waals surface area (Å²) in [6, 6.07) is 6.34. The van der Waals surface area contributed by atoms with Crippen molar-refractivity contribution in [3.05, 3.63) is 34.9 Å². The SMILES string of the molecule is CCC(C)(N)c1cccc(C)c1C. The Kier molecular flexibility index (Phi) is 2.77. The van der Waals surface area contributed by atoms with Gasteiger partial charge in [-0.15, -0.1) is 0 Å². The van der Waals surface area contributed by atoms with Crippen LogP contribution in [0.15, 0.2) is 18.2 Å². The fourth-order valence-electron chi connectivity index (χ4n) is 1.56. The molecule has 2 N–H and O–H groups in total. The van der Waals surface area contributed by atoms with Gasteiger partial charge in [-0.05, 0) is 43.9 Å². The highest BCUT2D eigenvalue weighted by atomic mass is 14.7. The van der Waals surface area contributed by atoms with Gasteiger partial charge in [-0.2, -0.15) is 0 Å². The van der Waals surface area contributed by atoms with Gasteiger partial charge in [0, 0.05) is 5.54 Å². The molecule has 1 aromatic carbocycles. The van der Waals surface area contributed by atoms with Crippen LogP contribution in [0.25, 0.3) is 0 Å². The number of nitrogens with two attached hydrogens (primary N) is 1. The van der Waals surface area contributed by atoms with Crippen LogP contribution in [0, 0.1) is 13.8 Å². The maximum Gasteiger partial charge on any atom is 0.0381 e. The lowest BCUT2D eigenvalue weighted by Crippen LogP contribution is -2.32. The Bertz CT molecular complexity index is 300. The van der Waals surface area contributed by atoms with E-state index in [1.165, 1.54) is 16.7 Å². The molecular weight excluding hydrogens is 158 g/mol. The molecule has 1 rings (SSSR count). The van der Waals surface area contributed by atoms with Crippen molar-refractivity contribution in [2.75, 3.05) is 0 Å². The van der Waals surface area contributed by atoms with E-state index in [1.807, 2.05) is 0 Å². The molecule has 0 bridgehead atoms. The first kappa shape index (κ1) is 10.3. The highest BCUT2D eigenvalue weighted by Gasteiger charge is 2.20. The van der Waals surface area contributed by atoms with Crippen molar-refractivity contribution in [2.45, 2.75) is 39.7 Å². The van der Waals surface area contributed by atoms with Crippen LogP contribution in [0.2, 0.25) is 0 Å². The minimum absolute atomic E-state index is 0.184. The predicted molar refractivity (Wildman–Crippen MR) is 57.7 cm³/mol. The summed E-state index contributed by atoms with van der Waals surface area (Å²) < 4.78 is 0. The zero-order valence-corrected chi connectivity index (χ0v) is 9.02. The summed E-state index contributed by atoms with van der Waals surface area (Å²) in [6.45, 7) is 8.49. The molecule has 0 aliphatic heterocycles. The van der Waals surface area contributed by atoms with E-state index >= 15 is 0 Å². The van der Waals surface area contributed by atoms with Crippen LogP contribution in [-0.4, -0.2) is 0 Å². The largest absolute Gasteiger partial charge is 0.322 e. The molecule has 13 heavy (non-hydrogen) atoms. The summed E-state index contributed by atoms with van der Waals surface area (Å²) >= 11 is 0. The minimum Gasteiger partial charge on any atom is -0.322 e. The highest BCUT2D eigenvalue weighted by Crippen LogP contribution is 2.25. The van der Waals surface area contributed by atoms with E-state index in [2.05, 4.69) is 45.9 Å². The fraction of sp³-hybridized carbons (Fsp3) is 0.500. The maximum atomic E-state index is 6.21. The van der Waals surface area contributed by atoms with Gasteiger partial charge < -0.3 is 5.73 Å². The monoisotopic (exact) mass is 177 g/mol. The fourth-order valence-corrected chi connectivity index (χ4v) is 1.56. The van der Waals surface area contributed by atoms with Gasteiger partial charge in [-0.25, -0.2) is 0 Å². The van der Waals surface area contributed by atoms with Crippen LogP contribution >= 0.6 is 0 Å². The van der Waals surface area contributed by atoms with Crippen molar-refractivity contribution in [1.82, 2.24) is 0 Å². The van der Waals surface area contributed by atoms with Gasteiger partial charge >= 0.3 is 0 Å². The van der Waals surface area contributed by atoms with Crippen molar-refractivity contribution >= 4 is 0 Å². The Labute approximate surface area is 81.0 Å². The van der Waals surface area contributed by atoms with E-state index in [4.69, 9.17) is 5.73 Å². The third-order valence-corrected chi connectivity index (χ3v) is 2.95. The maximum absolute atomic E-state index is 6.21. The third-order valence-electron chi connectivity index (χ3n) is 2.95. The highest BCUT2D eigenvalue weighted by molar-refractivity contribution is 5.37. The van der Waals surface area contributed by atoms with Crippen LogP contribution < -0.4 is 5.73 Å². The first-order valence-corrected chi connectivity index (χ1v) is 4.84. The number of hydrogen-bond acceptors (Lipinski definition) is 1. The van der Waals surface area contributed by atoms with E-state index in [9.17, 15) is 0 Å². The second-order valence-electron chi connectivity index (χ2n) is 4.02. The lowest BCUT2D eigenvalue weighted by atomic mass is 9.86. The molecule has 0 spiro atoms. The van der Waals surface area contributed by atoms with Crippen molar-refractivity contribution in [3.63, 3.8) is 0 Å². The lowest BCUT2D eigenvalue weighted by molar-refractivity contribution is 0.473. The van der Waals surface area contributed by atoms with E-state index in [-0.39, 0.29) is 5.54 Å². The number of hydrogen-bond donors (Lipinski definition) is 1. The van der Waals surface area contributed by atoms with Crippen LogP contribution in [0.1, 0.15) is 37.0 Å². The molecule has 0 saturated carbocycles. The smallest absolute Gasteiger partial charge is 0.0381 e. The third kappa shape index (κ3) is 1.92. The van der Waals surface area contributed by atoms with Gasteiger partial charge in [0.25, 0.3) is 0 Å². The number of aryl methyl sites for hydroxylation is 1. The Hall–Kier alpha value is -0.820. The van der Waals surface area contributed by atoms with Crippen molar-refractivity contribution in [2.24, 2.45) is 5.73 Å². The molecule has 1 aromatic rings. The molecule has 1 nitrogen and oxygen atoms in total. The first-order valence-electron chi connectivity index (χ1n) is 4.84. The molecule has 0 aliphatic carbocycles. The Morgan fingerprint density at radius 1 is 1.31 bits per heavy atom. The van der Waals surface area contributed by atoms with Gasteiger partial charge in [-0.3, -0.25) is 0 Å². The number of rotatable bonds is 2. The quantitative estimate of drug-likeness (QED) is 0.738. The van der Waals surface area contributed by atoms with Crippen LogP contribution in [0.4, 0.5) is 0 Å². The lowest BCUT2D eigenvalue weighted by Gasteiger charge is -2.26. The zero-order valence-electron chi connectivity index (χ0n) is 9.02. The molecule has 0 fully saturated rings. The summed E-state index contributed by atoms with van der Waals surface area (Å²) in [5, 5.41) is 0. The van der Waals surface area contributed by atoms with Gasteiger partial charge in [0.1, 0.15) is 0 Å². The molecule has 1 unspecified atom stereocenters. The summed E-state index contributed by atoms with van der Waals surface area (Å²) in [4.78, 5) is 0. The molecule has 0 aliphatic rings. The Balaban J connectivity index is 3.22. The van der Waals surface area contributed by atoms with E-state index < -0.39 is 0 Å². The number of benzene rings is 1. The zero-order chi connectivity index (χ0) is 10.1. The first-order chi connectivity index (χ1) is 5.99. The normalized spacial score (nSPS) is 15.5. The summed E-state index contributed by atoms with van der Waals surface area (Å²) in [7, 11) is 0. The second kappa shape index (κ2) is 3.51. The molecule has 1 atom stereocenters. The molecular formula is C12H19N. The Morgan fingerprint density at radius 2 is 1.92 bits per heavy atom. The molecule has 0 heterocycles. The molecule has 72 valence electrons. The van der Waals surface area contributed by atoms with Gasteiger partial charge in [0.05, 0.1) is 0 Å². The standard InChI is InChI=1S/C12H19N/c1-5-12(4,13)11-8-6-7-9(2)10(11)3/h6-8H,5,13H2,1-4H3. The van der Waals surface area contributed by atoms with E-state index in [0.717, 1.165) is 6.42 Å². The molecule has 0 radical (unpaired) electrons. The van der Waals surface area contributed by atoms with E-state index in [0.29, 0.717) is 0 Å². The Morgan fingerprint density at radius 3 is 2.46 bits per heavy atom. The molecule has 1 heteroatoms. The van der Waals surface area contributed by atoms with Gasteiger partial charge in [0.2, 0.25) is 0 Å². The second-order valence-corrected chi connectivity index (χ2v) is 4.02. The average molecular weight is 177 g/mol. The summed E-state index contributed by atoms with van der Waals surface area (Å²) in [5.74, 6) is 0.